The number of amides is 1. The normalized spacial score (nSPS) is 10.4. The first-order valence-electron chi connectivity index (χ1n) is 7.72. The van der Waals surface area contributed by atoms with Crippen LogP contribution in [0.4, 0.5) is 5.82 Å². The Morgan fingerprint density at radius 1 is 0.875 bits per heavy atom. The molecule has 1 aromatic heterocycles. The number of hydrogen-bond donors (Lipinski definition) is 0. The fourth-order valence-electron chi connectivity index (χ4n) is 2.45. The topological polar surface area (TPSA) is 33.2 Å². The molecule has 0 atom stereocenters. The number of pyridine rings is 1. The van der Waals surface area contributed by atoms with Gasteiger partial charge in [-0.25, -0.2) is 4.98 Å². The van der Waals surface area contributed by atoms with Crippen LogP contribution in [-0.4, -0.2) is 10.9 Å². The molecule has 0 aliphatic heterocycles. The monoisotopic (exact) mass is 380 g/mol. The summed E-state index contributed by atoms with van der Waals surface area (Å²) in [5.41, 5.74) is 2.06. The molecule has 3 rings (SSSR count). The molecule has 3 nitrogen and oxygen atoms in total. The average molecular weight is 381 g/mol. The van der Waals surface area contributed by atoms with Crippen molar-refractivity contribution in [3.8, 4) is 0 Å². The highest BCUT2D eigenvalue weighted by Crippen LogP contribution is 2.17. The Bertz CT molecular complexity index is 789. The Labute approximate surface area is 150 Å². The number of benzene rings is 2. The van der Waals surface area contributed by atoms with Crippen molar-refractivity contribution in [1.82, 2.24) is 4.98 Å². The molecule has 1 heterocycles. The molecular formula is C20H17BrN2O. The zero-order chi connectivity index (χ0) is 16.8. The van der Waals surface area contributed by atoms with Crippen molar-refractivity contribution in [3.63, 3.8) is 0 Å². The summed E-state index contributed by atoms with van der Waals surface area (Å²) < 4.78 is 1.00. The average Bonchev–Trinajstić information content (AvgIpc) is 2.63. The van der Waals surface area contributed by atoms with Crippen molar-refractivity contribution in [3.05, 3.63) is 94.6 Å². The number of hydrogen-bond acceptors (Lipinski definition) is 2. The number of carbonyl (C=O) groups excluding carboxylic acids is 1. The van der Waals surface area contributed by atoms with Crippen molar-refractivity contribution in [2.45, 2.75) is 13.0 Å². The van der Waals surface area contributed by atoms with E-state index in [0.29, 0.717) is 18.8 Å². The van der Waals surface area contributed by atoms with Crippen LogP contribution < -0.4 is 4.90 Å². The van der Waals surface area contributed by atoms with E-state index in [1.807, 2.05) is 72.8 Å². The maximum atomic E-state index is 12.9. The summed E-state index contributed by atoms with van der Waals surface area (Å²) in [6.45, 7) is 0.507. The lowest BCUT2D eigenvalue weighted by Gasteiger charge is -2.22. The summed E-state index contributed by atoms with van der Waals surface area (Å²) in [6, 6.07) is 23.4. The van der Waals surface area contributed by atoms with Crippen molar-refractivity contribution in [2.24, 2.45) is 0 Å². The SMILES string of the molecule is O=C(Cc1ccc(Br)cc1)N(Cc1ccccc1)c1ccccn1. The van der Waals surface area contributed by atoms with Crippen LogP contribution in [-0.2, 0) is 17.8 Å². The Kier molecular flexibility index (Phi) is 5.39. The smallest absolute Gasteiger partial charge is 0.232 e. The van der Waals surface area contributed by atoms with Gasteiger partial charge >= 0.3 is 0 Å². The molecule has 0 saturated heterocycles. The maximum Gasteiger partial charge on any atom is 0.232 e. The van der Waals surface area contributed by atoms with E-state index in [1.54, 1.807) is 11.1 Å². The van der Waals surface area contributed by atoms with Gasteiger partial charge in [0.2, 0.25) is 5.91 Å². The summed E-state index contributed by atoms with van der Waals surface area (Å²) in [5, 5.41) is 0. The van der Waals surface area contributed by atoms with Crippen LogP contribution in [0, 0.1) is 0 Å². The third-order valence-corrected chi connectivity index (χ3v) is 4.21. The van der Waals surface area contributed by atoms with Crippen molar-refractivity contribution >= 4 is 27.7 Å². The first-order valence-corrected chi connectivity index (χ1v) is 8.51. The first kappa shape index (κ1) is 16.4. The van der Waals surface area contributed by atoms with Gasteiger partial charge in [0.25, 0.3) is 0 Å². The molecule has 0 spiro atoms. The lowest BCUT2D eigenvalue weighted by atomic mass is 10.1. The van der Waals surface area contributed by atoms with Crippen molar-refractivity contribution in [2.75, 3.05) is 4.90 Å². The van der Waals surface area contributed by atoms with Gasteiger partial charge in [0.15, 0.2) is 0 Å². The third-order valence-electron chi connectivity index (χ3n) is 3.68. The van der Waals surface area contributed by atoms with Gasteiger partial charge in [-0.1, -0.05) is 64.5 Å². The fourth-order valence-corrected chi connectivity index (χ4v) is 2.71. The van der Waals surface area contributed by atoms with Gasteiger partial charge in [0.05, 0.1) is 13.0 Å². The molecule has 2 aromatic carbocycles. The molecule has 3 aromatic rings. The molecule has 0 bridgehead atoms. The lowest BCUT2D eigenvalue weighted by Crippen LogP contribution is -2.32. The number of nitrogens with zero attached hydrogens (tertiary/aromatic N) is 2. The molecule has 24 heavy (non-hydrogen) atoms. The molecule has 0 fully saturated rings. The van der Waals surface area contributed by atoms with Gasteiger partial charge in [-0.15, -0.1) is 0 Å². The van der Waals surface area contributed by atoms with Crippen LogP contribution in [0.5, 0.6) is 0 Å². The second-order valence-corrected chi connectivity index (χ2v) is 6.37. The van der Waals surface area contributed by atoms with Gasteiger partial charge < -0.3 is 0 Å². The van der Waals surface area contributed by atoms with E-state index in [-0.39, 0.29) is 5.91 Å². The van der Waals surface area contributed by atoms with Crippen molar-refractivity contribution < 1.29 is 4.79 Å². The fraction of sp³-hybridized carbons (Fsp3) is 0.100. The minimum atomic E-state index is 0.0277. The highest BCUT2D eigenvalue weighted by Gasteiger charge is 2.17. The Hall–Kier alpha value is -2.46. The van der Waals surface area contributed by atoms with Crippen LogP contribution in [0.15, 0.2) is 83.5 Å². The zero-order valence-electron chi connectivity index (χ0n) is 13.1. The number of rotatable bonds is 5. The van der Waals surface area contributed by atoms with Crippen LogP contribution >= 0.6 is 15.9 Å². The largest absolute Gasteiger partial charge is 0.292 e. The molecular weight excluding hydrogens is 364 g/mol. The Morgan fingerprint density at radius 2 is 1.58 bits per heavy atom. The molecule has 0 saturated carbocycles. The van der Waals surface area contributed by atoms with Gasteiger partial charge in [-0.05, 0) is 35.4 Å². The molecule has 4 heteroatoms. The highest BCUT2D eigenvalue weighted by atomic mass is 79.9. The Morgan fingerprint density at radius 3 is 2.25 bits per heavy atom. The van der Waals surface area contributed by atoms with Crippen LogP contribution in [0.25, 0.3) is 0 Å². The van der Waals surface area contributed by atoms with Crippen molar-refractivity contribution in [1.29, 1.82) is 0 Å². The molecule has 1 amide bonds. The van der Waals surface area contributed by atoms with E-state index in [1.165, 1.54) is 0 Å². The van der Waals surface area contributed by atoms with E-state index in [2.05, 4.69) is 20.9 Å². The molecule has 120 valence electrons. The second-order valence-electron chi connectivity index (χ2n) is 5.46. The summed E-state index contributed by atoms with van der Waals surface area (Å²) in [6.07, 6.45) is 2.05. The summed E-state index contributed by atoms with van der Waals surface area (Å²) in [4.78, 5) is 19.0. The second kappa shape index (κ2) is 7.88. The van der Waals surface area contributed by atoms with Gasteiger partial charge in [-0.2, -0.15) is 0 Å². The number of carbonyl (C=O) groups is 1. The zero-order valence-corrected chi connectivity index (χ0v) is 14.7. The van der Waals surface area contributed by atoms with E-state index < -0.39 is 0 Å². The number of anilines is 1. The summed E-state index contributed by atoms with van der Waals surface area (Å²) >= 11 is 3.42. The summed E-state index contributed by atoms with van der Waals surface area (Å²) in [5.74, 6) is 0.698. The predicted molar refractivity (Wildman–Crippen MR) is 99.7 cm³/mol. The predicted octanol–water partition coefficient (Wildman–Crippen LogP) is 4.62. The number of halogens is 1. The lowest BCUT2D eigenvalue weighted by molar-refractivity contribution is -0.118. The molecule has 0 N–H and O–H groups in total. The first-order chi connectivity index (χ1) is 11.7. The number of aromatic nitrogens is 1. The van der Waals surface area contributed by atoms with Gasteiger partial charge in [0.1, 0.15) is 5.82 Å². The summed E-state index contributed by atoms with van der Waals surface area (Å²) in [7, 11) is 0. The quantitative estimate of drug-likeness (QED) is 0.646. The van der Waals surface area contributed by atoms with E-state index in [9.17, 15) is 4.79 Å². The maximum absolute atomic E-state index is 12.9. The van der Waals surface area contributed by atoms with E-state index >= 15 is 0 Å². The molecule has 0 radical (unpaired) electrons. The Balaban J connectivity index is 1.83. The van der Waals surface area contributed by atoms with Gasteiger partial charge in [-0.3, -0.25) is 9.69 Å². The minimum Gasteiger partial charge on any atom is -0.292 e. The van der Waals surface area contributed by atoms with Crippen LogP contribution in [0.2, 0.25) is 0 Å². The van der Waals surface area contributed by atoms with Gasteiger partial charge in [0, 0.05) is 10.7 Å². The third kappa shape index (κ3) is 4.30. The molecule has 0 aliphatic carbocycles. The highest BCUT2D eigenvalue weighted by molar-refractivity contribution is 9.10. The standard InChI is InChI=1S/C20H17BrN2O/c21-18-11-9-16(10-12-18)14-20(24)23(19-8-4-5-13-22-19)15-17-6-2-1-3-7-17/h1-13H,14-15H2. The molecule has 0 unspecified atom stereocenters. The van der Waals surface area contributed by atoms with Crippen LogP contribution in [0.1, 0.15) is 11.1 Å². The van der Waals surface area contributed by atoms with Crippen LogP contribution in [0.3, 0.4) is 0 Å². The van der Waals surface area contributed by atoms with E-state index in [0.717, 1.165) is 15.6 Å². The van der Waals surface area contributed by atoms with E-state index in [4.69, 9.17) is 0 Å². The minimum absolute atomic E-state index is 0.0277. The molecule has 0 aliphatic rings.